The fraction of sp³-hybridized carbons (Fsp3) is 0.737. The molecule has 1 saturated heterocycles. The van der Waals surface area contributed by atoms with Gasteiger partial charge in [-0.3, -0.25) is 14.3 Å². The Hall–Kier alpha value is -1.85. The largest absolute Gasteiger partial charge is 0.481 e. The SMILES string of the molecule is CC(C)(C)n1nc(C(=O)N2CCC3(CC2)CC3C(=O)O)cc1C1CC1. The Morgan fingerprint density at radius 1 is 1.24 bits per heavy atom. The molecular formula is C19H27N3O3. The van der Waals surface area contributed by atoms with Gasteiger partial charge in [-0.15, -0.1) is 0 Å². The van der Waals surface area contributed by atoms with Crippen molar-refractivity contribution in [3.63, 3.8) is 0 Å². The number of piperidine rings is 1. The minimum absolute atomic E-state index is 0.00715. The van der Waals surface area contributed by atoms with E-state index in [2.05, 4.69) is 25.9 Å². The van der Waals surface area contributed by atoms with Crippen molar-refractivity contribution >= 4 is 11.9 Å². The summed E-state index contributed by atoms with van der Waals surface area (Å²) in [5.74, 6) is -0.350. The third-order valence-electron chi connectivity index (χ3n) is 6.12. The van der Waals surface area contributed by atoms with Gasteiger partial charge in [0.25, 0.3) is 5.91 Å². The number of carbonyl (C=O) groups is 2. The lowest BCUT2D eigenvalue weighted by Crippen LogP contribution is -2.40. The molecule has 0 bridgehead atoms. The zero-order chi connectivity index (χ0) is 18.0. The predicted octanol–water partition coefficient (Wildman–Crippen LogP) is 2.84. The van der Waals surface area contributed by atoms with E-state index in [1.807, 2.05) is 15.6 Å². The highest BCUT2D eigenvalue weighted by atomic mass is 16.4. The fourth-order valence-electron chi connectivity index (χ4n) is 4.27. The van der Waals surface area contributed by atoms with Gasteiger partial charge in [0.15, 0.2) is 5.69 Å². The molecule has 1 aliphatic heterocycles. The lowest BCUT2D eigenvalue weighted by molar-refractivity contribution is -0.139. The van der Waals surface area contributed by atoms with Gasteiger partial charge in [-0.1, -0.05) is 0 Å². The second kappa shape index (κ2) is 5.32. The van der Waals surface area contributed by atoms with Crippen molar-refractivity contribution < 1.29 is 14.7 Å². The molecule has 136 valence electrons. The normalized spacial score (nSPS) is 25.2. The minimum atomic E-state index is -0.683. The number of carboxylic acid groups (broad SMARTS) is 1. The highest BCUT2D eigenvalue weighted by molar-refractivity contribution is 5.92. The monoisotopic (exact) mass is 345 g/mol. The number of aliphatic carboxylic acids is 1. The molecule has 1 spiro atoms. The Morgan fingerprint density at radius 2 is 1.88 bits per heavy atom. The molecule has 1 amide bonds. The van der Waals surface area contributed by atoms with Crippen LogP contribution >= 0.6 is 0 Å². The van der Waals surface area contributed by atoms with Gasteiger partial charge < -0.3 is 10.0 Å². The minimum Gasteiger partial charge on any atom is -0.481 e. The third-order valence-corrected chi connectivity index (χ3v) is 6.12. The highest BCUT2D eigenvalue weighted by Gasteiger charge is 2.59. The molecule has 6 nitrogen and oxygen atoms in total. The number of aromatic nitrogens is 2. The molecule has 2 aliphatic carbocycles. The van der Waals surface area contributed by atoms with Crippen molar-refractivity contribution in [2.24, 2.45) is 11.3 Å². The van der Waals surface area contributed by atoms with Gasteiger partial charge in [0.05, 0.1) is 11.5 Å². The van der Waals surface area contributed by atoms with E-state index in [0.29, 0.717) is 24.7 Å². The molecule has 2 saturated carbocycles. The molecule has 1 atom stereocenters. The van der Waals surface area contributed by atoms with E-state index in [0.717, 1.165) is 19.3 Å². The van der Waals surface area contributed by atoms with Crippen LogP contribution in [0.3, 0.4) is 0 Å². The molecular weight excluding hydrogens is 318 g/mol. The molecule has 3 fully saturated rings. The summed E-state index contributed by atoms with van der Waals surface area (Å²) in [7, 11) is 0. The summed E-state index contributed by atoms with van der Waals surface area (Å²) in [6.07, 6.45) is 4.72. The fourth-order valence-corrected chi connectivity index (χ4v) is 4.27. The van der Waals surface area contributed by atoms with Crippen LogP contribution in [0, 0.1) is 11.3 Å². The summed E-state index contributed by atoms with van der Waals surface area (Å²) >= 11 is 0. The number of nitrogens with zero attached hydrogens (tertiary/aromatic N) is 3. The maximum absolute atomic E-state index is 12.9. The number of hydrogen-bond donors (Lipinski definition) is 1. The molecule has 2 heterocycles. The number of rotatable bonds is 3. The number of carbonyl (C=O) groups excluding carboxylic acids is 1. The molecule has 1 aromatic heterocycles. The number of likely N-dealkylation sites (tertiary alicyclic amines) is 1. The second-order valence-corrected chi connectivity index (χ2v) is 9.06. The van der Waals surface area contributed by atoms with Gasteiger partial charge in [0.1, 0.15) is 0 Å². The summed E-state index contributed by atoms with van der Waals surface area (Å²) in [4.78, 5) is 26.0. The van der Waals surface area contributed by atoms with Crippen LogP contribution in [0.5, 0.6) is 0 Å². The van der Waals surface area contributed by atoms with Crippen LogP contribution in [0.15, 0.2) is 6.07 Å². The average molecular weight is 345 g/mol. The summed E-state index contributed by atoms with van der Waals surface area (Å²) in [6, 6.07) is 1.98. The van der Waals surface area contributed by atoms with E-state index in [1.165, 1.54) is 18.5 Å². The quantitative estimate of drug-likeness (QED) is 0.914. The maximum atomic E-state index is 12.9. The summed E-state index contributed by atoms with van der Waals surface area (Å²) < 4.78 is 2.02. The number of amides is 1. The predicted molar refractivity (Wildman–Crippen MR) is 92.5 cm³/mol. The lowest BCUT2D eigenvalue weighted by Gasteiger charge is -2.32. The summed E-state index contributed by atoms with van der Waals surface area (Å²) in [6.45, 7) is 7.63. The Morgan fingerprint density at radius 3 is 2.36 bits per heavy atom. The van der Waals surface area contributed by atoms with E-state index >= 15 is 0 Å². The van der Waals surface area contributed by atoms with E-state index in [-0.39, 0.29) is 22.8 Å². The molecule has 3 aliphatic rings. The number of hydrogen-bond acceptors (Lipinski definition) is 3. The smallest absolute Gasteiger partial charge is 0.307 e. The first-order valence-electron chi connectivity index (χ1n) is 9.34. The van der Waals surface area contributed by atoms with Crippen molar-refractivity contribution in [3.05, 3.63) is 17.5 Å². The molecule has 1 N–H and O–H groups in total. The van der Waals surface area contributed by atoms with Crippen molar-refractivity contribution in [3.8, 4) is 0 Å². The van der Waals surface area contributed by atoms with Crippen LogP contribution in [0.1, 0.15) is 75.0 Å². The molecule has 4 rings (SSSR count). The summed E-state index contributed by atoms with van der Waals surface area (Å²) in [5.41, 5.74) is 1.54. The van der Waals surface area contributed by atoms with E-state index in [1.54, 1.807) is 0 Å². The van der Waals surface area contributed by atoms with Crippen molar-refractivity contribution in [1.82, 2.24) is 14.7 Å². The van der Waals surface area contributed by atoms with Crippen LogP contribution < -0.4 is 0 Å². The molecule has 0 radical (unpaired) electrons. The maximum Gasteiger partial charge on any atom is 0.307 e. The first-order chi connectivity index (χ1) is 11.7. The highest BCUT2D eigenvalue weighted by Crippen LogP contribution is 2.59. The third kappa shape index (κ3) is 2.85. The topological polar surface area (TPSA) is 75.4 Å². The van der Waals surface area contributed by atoms with Gasteiger partial charge in [-0.2, -0.15) is 5.10 Å². The van der Waals surface area contributed by atoms with Crippen molar-refractivity contribution in [1.29, 1.82) is 0 Å². The van der Waals surface area contributed by atoms with Gasteiger partial charge in [0, 0.05) is 24.7 Å². The molecule has 1 unspecified atom stereocenters. The Balaban J connectivity index is 1.48. The average Bonchev–Trinajstić information content (AvgIpc) is 3.45. The Labute approximate surface area is 148 Å². The van der Waals surface area contributed by atoms with Gasteiger partial charge in [-0.05, 0) is 64.4 Å². The van der Waals surface area contributed by atoms with E-state index in [4.69, 9.17) is 0 Å². The Bertz CT molecular complexity index is 719. The molecule has 6 heteroatoms. The lowest BCUT2D eigenvalue weighted by atomic mass is 9.90. The van der Waals surface area contributed by atoms with Gasteiger partial charge in [-0.25, -0.2) is 0 Å². The van der Waals surface area contributed by atoms with Crippen LogP contribution in [-0.4, -0.2) is 44.8 Å². The van der Waals surface area contributed by atoms with Crippen molar-refractivity contribution in [2.45, 2.75) is 64.3 Å². The molecule has 25 heavy (non-hydrogen) atoms. The van der Waals surface area contributed by atoms with Crippen molar-refractivity contribution in [2.75, 3.05) is 13.1 Å². The Kier molecular flexibility index (Phi) is 3.54. The van der Waals surface area contributed by atoms with E-state index < -0.39 is 5.97 Å². The van der Waals surface area contributed by atoms with Crippen LogP contribution in [0.25, 0.3) is 0 Å². The molecule has 1 aromatic rings. The van der Waals surface area contributed by atoms with Crippen LogP contribution in [-0.2, 0) is 10.3 Å². The van der Waals surface area contributed by atoms with Crippen LogP contribution in [0.4, 0.5) is 0 Å². The second-order valence-electron chi connectivity index (χ2n) is 9.06. The first-order valence-corrected chi connectivity index (χ1v) is 9.34. The van der Waals surface area contributed by atoms with E-state index in [9.17, 15) is 14.7 Å². The molecule has 0 aromatic carbocycles. The zero-order valence-corrected chi connectivity index (χ0v) is 15.3. The summed E-state index contributed by atoms with van der Waals surface area (Å²) in [5, 5.41) is 13.8. The standard InChI is InChI=1S/C19H27N3O3/c1-18(2,3)22-15(12-4-5-12)10-14(20-22)16(23)21-8-6-19(7-9-21)11-13(19)17(24)25/h10,12-13H,4-9,11H2,1-3H3,(H,24,25). The first kappa shape index (κ1) is 16.6. The number of carboxylic acids is 1. The van der Waals surface area contributed by atoms with Gasteiger partial charge >= 0.3 is 5.97 Å². The zero-order valence-electron chi connectivity index (χ0n) is 15.3. The van der Waals surface area contributed by atoms with Crippen LogP contribution in [0.2, 0.25) is 0 Å². The van der Waals surface area contributed by atoms with Gasteiger partial charge in [0.2, 0.25) is 0 Å².